The molecule has 1 saturated heterocycles. The van der Waals surface area contributed by atoms with Crippen molar-refractivity contribution in [3.63, 3.8) is 0 Å². The summed E-state index contributed by atoms with van der Waals surface area (Å²) in [7, 11) is 0. The van der Waals surface area contributed by atoms with Gasteiger partial charge in [-0.3, -0.25) is 14.4 Å². The molecule has 2 aromatic rings. The van der Waals surface area contributed by atoms with Crippen molar-refractivity contribution in [2.75, 3.05) is 0 Å². The molecule has 0 spiro atoms. The van der Waals surface area contributed by atoms with Gasteiger partial charge >= 0.3 is 5.97 Å². The quantitative estimate of drug-likeness (QED) is 0.475. The van der Waals surface area contributed by atoms with Crippen molar-refractivity contribution >= 4 is 17.5 Å². The standard InChI is InChI=1S/C22H22O4/c1-21(2)18(26-20(25)22(3,4)19(21)24)17(23)16-12-10-15(11-13-16)14-8-6-5-7-9-14/h5-13,18H,1-4H3. The zero-order valence-corrected chi connectivity index (χ0v) is 15.4. The zero-order valence-electron chi connectivity index (χ0n) is 15.4. The van der Waals surface area contributed by atoms with Crippen molar-refractivity contribution in [1.29, 1.82) is 0 Å². The van der Waals surface area contributed by atoms with Gasteiger partial charge in [0.1, 0.15) is 5.41 Å². The average molecular weight is 350 g/mol. The molecule has 4 nitrogen and oxygen atoms in total. The Balaban J connectivity index is 1.89. The molecule has 1 unspecified atom stereocenters. The fraction of sp³-hybridized carbons (Fsp3) is 0.318. The molecular weight excluding hydrogens is 328 g/mol. The molecule has 1 fully saturated rings. The van der Waals surface area contributed by atoms with E-state index in [9.17, 15) is 14.4 Å². The molecule has 0 saturated carbocycles. The summed E-state index contributed by atoms with van der Waals surface area (Å²) < 4.78 is 5.41. The molecule has 1 aliphatic rings. The van der Waals surface area contributed by atoms with Gasteiger partial charge in [-0.2, -0.15) is 0 Å². The molecule has 0 bridgehead atoms. The van der Waals surface area contributed by atoms with Crippen molar-refractivity contribution in [2.24, 2.45) is 10.8 Å². The van der Waals surface area contributed by atoms with Gasteiger partial charge in [0.2, 0.25) is 5.78 Å². The summed E-state index contributed by atoms with van der Waals surface area (Å²) in [4.78, 5) is 37.9. The summed E-state index contributed by atoms with van der Waals surface area (Å²) in [5.74, 6) is -1.28. The van der Waals surface area contributed by atoms with Crippen LogP contribution in [-0.2, 0) is 14.3 Å². The number of ether oxygens (including phenoxy) is 1. The monoisotopic (exact) mass is 350 g/mol. The second-order valence-corrected chi connectivity index (χ2v) is 7.77. The van der Waals surface area contributed by atoms with Crippen LogP contribution in [-0.4, -0.2) is 23.6 Å². The predicted octanol–water partition coefficient (Wildman–Crippen LogP) is 4.08. The van der Waals surface area contributed by atoms with E-state index in [1.54, 1.807) is 26.0 Å². The van der Waals surface area contributed by atoms with E-state index in [0.717, 1.165) is 11.1 Å². The number of ketones is 2. The average Bonchev–Trinajstić information content (AvgIpc) is 2.64. The Bertz CT molecular complexity index is 861. The van der Waals surface area contributed by atoms with Crippen LogP contribution < -0.4 is 0 Å². The fourth-order valence-corrected chi connectivity index (χ4v) is 3.41. The third-order valence-corrected chi connectivity index (χ3v) is 5.06. The highest BCUT2D eigenvalue weighted by atomic mass is 16.6. The lowest BCUT2D eigenvalue weighted by molar-refractivity contribution is -0.181. The molecule has 26 heavy (non-hydrogen) atoms. The molecular formula is C22H22O4. The smallest absolute Gasteiger partial charge is 0.319 e. The van der Waals surface area contributed by atoms with Gasteiger partial charge in [0.05, 0.1) is 5.41 Å². The fourth-order valence-electron chi connectivity index (χ4n) is 3.41. The molecule has 0 amide bonds. The molecule has 1 heterocycles. The Morgan fingerprint density at radius 1 is 0.846 bits per heavy atom. The lowest BCUT2D eigenvalue weighted by Gasteiger charge is -2.42. The van der Waals surface area contributed by atoms with Gasteiger partial charge in [0.25, 0.3) is 0 Å². The normalized spacial score (nSPS) is 21.2. The predicted molar refractivity (Wildman–Crippen MR) is 98.7 cm³/mol. The second kappa shape index (κ2) is 6.20. The van der Waals surface area contributed by atoms with E-state index < -0.39 is 22.9 Å². The Hall–Kier alpha value is -2.75. The first kappa shape index (κ1) is 18.1. The van der Waals surface area contributed by atoms with E-state index in [0.29, 0.717) is 5.56 Å². The van der Waals surface area contributed by atoms with Crippen LogP contribution in [0.5, 0.6) is 0 Å². The molecule has 1 aliphatic heterocycles. The summed E-state index contributed by atoms with van der Waals surface area (Å²) >= 11 is 0. The number of rotatable bonds is 3. The molecule has 2 aromatic carbocycles. The van der Waals surface area contributed by atoms with Crippen molar-refractivity contribution in [3.05, 3.63) is 60.2 Å². The lowest BCUT2D eigenvalue weighted by Crippen LogP contribution is -2.58. The van der Waals surface area contributed by atoms with Crippen LogP contribution in [0.2, 0.25) is 0 Å². The van der Waals surface area contributed by atoms with Crippen molar-refractivity contribution < 1.29 is 19.1 Å². The van der Waals surface area contributed by atoms with E-state index in [4.69, 9.17) is 4.74 Å². The van der Waals surface area contributed by atoms with Crippen LogP contribution in [0, 0.1) is 10.8 Å². The maximum absolute atomic E-state index is 12.9. The number of cyclic esters (lactones) is 1. The largest absolute Gasteiger partial charge is 0.452 e. The van der Waals surface area contributed by atoms with E-state index >= 15 is 0 Å². The van der Waals surface area contributed by atoms with Crippen LogP contribution in [0.15, 0.2) is 54.6 Å². The van der Waals surface area contributed by atoms with Crippen molar-refractivity contribution in [3.8, 4) is 11.1 Å². The van der Waals surface area contributed by atoms with Gasteiger partial charge in [-0.1, -0.05) is 54.6 Å². The van der Waals surface area contributed by atoms with Gasteiger partial charge in [-0.15, -0.1) is 0 Å². The van der Waals surface area contributed by atoms with Crippen LogP contribution in [0.4, 0.5) is 0 Å². The van der Waals surface area contributed by atoms with Crippen LogP contribution in [0.3, 0.4) is 0 Å². The summed E-state index contributed by atoms with van der Waals surface area (Å²) in [6.45, 7) is 6.39. The summed E-state index contributed by atoms with van der Waals surface area (Å²) in [6.07, 6.45) is -1.11. The second-order valence-electron chi connectivity index (χ2n) is 7.77. The van der Waals surface area contributed by atoms with Gasteiger partial charge < -0.3 is 4.74 Å². The number of Topliss-reactive ketones (excluding diaryl/α,β-unsaturated/α-hetero) is 2. The molecule has 0 aliphatic carbocycles. The Morgan fingerprint density at radius 2 is 1.38 bits per heavy atom. The van der Waals surface area contributed by atoms with Crippen LogP contribution in [0.25, 0.3) is 11.1 Å². The van der Waals surface area contributed by atoms with Crippen molar-refractivity contribution in [2.45, 2.75) is 33.8 Å². The Kier molecular flexibility index (Phi) is 4.31. The summed E-state index contributed by atoms with van der Waals surface area (Å²) in [5.41, 5.74) is 0.138. The zero-order chi connectivity index (χ0) is 19.1. The highest BCUT2D eigenvalue weighted by molar-refractivity contribution is 6.13. The molecule has 4 heteroatoms. The van der Waals surface area contributed by atoms with Gasteiger partial charge in [-0.25, -0.2) is 0 Å². The number of carbonyl (C=O) groups excluding carboxylic acids is 3. The molecule has 0 N–H and O–H groups in total. The van der Waals surface area contributed by atoms with Crippen LogP contribution in [0.1, 0.15) is 38.1 Å². The molecule has 1 atom stereocenters. The molecule has 134 valence electrons. The van der Waals surface area contributed by atoms with Crippen LogP contribution >= 0.6 is 0 Å². The molecule has 3 rings (SSSR count). The minimum atomic E-state index is -1.24. The third kappa shape index (κ3) is 2.85. The maximum atomic E-state index is 12.9. The van der Waals surface area contributed by atoms with Gasteiger partial charge in [0.15, 0.2) is 11.9 Å². The minimum Gasteiger partial charge on any atom is -0.452 e. The highest BCUT2D eigenvalue weighted by Gasteiger charge is 2.57. The van der Waals surface area contributed by atoms with Gasteiger partial charge in [-0.05, 0) is 38.8 Å². The molecule has 0 radical (unpaired) electrons. The van der Waals surface area contributed by atoms with E-state index in [2.05, 4.69) is 0 Å². The maximum Gasteiger partial charge on any atom is 0.319 e. The first-order chi connectivity index (χ1) is 12.2. The summed E-state index contributed by atoms with van der Waals surface area (Å²) in [5, 5.41) is 0. The number of esters is 1. The summed E-state index contributed by atoms with van der Waals surface area (Å²) in [6, 6.07) is 16.9. The number of benzene rings is 2. The number of hydrogen-bond acceptors (Lipinski definition) is 4. The Morgan fingerprint density at radius 3 is 1.96 bits per heavy atom. The lowest BCUT2D eigenvalue weighted by atomic mass is 9.67. The van der Waals surface area contributed by atoms with Gasteiger partial charge in [0, 0.05) is 5.56 Å². The molecule has 0 aromatic heterocycles. The third-order valence-electron chi connectivity index (χ3n) is 5.06. The first-order valence-corrected chi connectivity index (χ1v) is 8.61. The topological polar surface area (TPSA) is 60.4 Å². The number of carbonyl (C=O) groups is 3. The number of hydrogen-bond donors (Lipinski definition) is 0. The van der Waals surface area contributed by atoms with E-state index in [1.807, 2.05) is 42.5 Å². The van der Waals surface area contributed by atoms with Crippen molar-refractivity contribution in [1.82, 2.24) is 0 Å². The highest BCUT2D eigenvalue weighted by Crippen LogP contribution is 2.41. The Labute approximate surface area is 153 Å². The first-order valence-electron chi connectivity index (χ1n) is 8.61. The van der Waals surface area contributed by atoms with E-state index in [1.165, 1.54) is 13.8 Å². The van der Waals surface area contributed by atoms with E-state index in [-0.39, 0.29) is 11.6 Å². The SMILES string of the molecule is CC1(C)C(=O)OC(C(=O)c2ccc(-c3ccccc3)cc2)C(C)(C)C1=O. The minimum absolute atomic E-state index is 0.277.